The standard InChI is InChI=1S/C7H5NO2/c9-7-3-5-4-8-2-1-6(5)10-7/h1-2,4H,3H2. The van der Waals surface area contributed by atoms with Crippen molar-refractivity contribution >= 4 is 5.97 Å². The summed E-state index contributed by atoms with van der Waals surface area (Å²) in [5, 5.41) is 0. The lowest BCUT2D eigenvalue weighted by atomic mass is 10.2. The van der Waals surface area contributed by atoms with Crippen LogP contribution < -0.4 is 4.74 Å². The van der Waals surface area contributed by atoms with Gasteiger partial charge in [-0.3, -0.25) is 9.78 Å². The van der Waals surface area contributed by atoms with Crippen molar-refractivity contribution in [3.63, 3.8) is 0 Å². The van der Waals surface area contributed by atoms with Crippen LogP contribution in [0, 0.1) is 0 Å². The fraction of sp³-hybridized carbons (Fsp3) is 0.143. The second-order valence-corrected chi connectivity index (χ2v) is 2.13. The zero-order valence-corrected chi connectivity index (χ0v) is 5.20. The van der Waals surface area contributed by atoms with Crippen molar-refractivity contribution in [1.82, 2.24) is 4.98 Å². The minimum Gasteiger partial charge on any atom is -0.426 e. The van der Waals surface area contributed by atoms with Crippen molar-refractivity contribution in [2.24, 2.45) is 0 Å². The van der Waals surface area contributed by atoms with Crippen LogP contribution in [-0.4, -0.2) is 11.0 Å². The highest BCUT2D eigenvalue weighted by molar-refractivity contribution is 5.80. The molecule has 0 spiro atoms. The van der Waals surface area contributed by atoms with Crippen LogP contribution in [0.25, 0.3) is 0 Å². The van der Waals surface area contributed by atoms with Gasteiger partial charge in [0.1, 0.15) is 5.75 Å². The maximum atomic E-state index is 10.6. The molecule has 1 aliphatic rings. The van der Waals surface area contributed by atoms with Gasteiger partial charge in [0.2, 0.25) is 0 Å². The van der Waals surface area contributed by atoms with E-state index in [0.29, 0.717) is 12.2 Å². The number of aromatic nitrogens is 1. The highest BCUT2D eigenvalue weighted by atomic mass is 16.5. The third-order valence-electron chi connectivity index (χ3n) is 1.42. The number of ether oxygens (including phenoxy) is 1. The van der Waals surface area contributed by atoms with Crippen molar-refractivity contribution in [2.75, 3.05) is 0 Å². The van der Waals surface area contributed by atoms with E-state index in [1.807, 2.05) is 0 Å². The van der Waals surface area contributed by atoms with Crippen LogP contribution in [0.1, 0.15) is 5.56 Å². The van der Waals surface area contributed by atoms with E-state index in [2.05, 4.69) is 4.98 Å². The number of carbonyl (C=O) groups excluding carboxylic acids is 1. The summed E-state index contributed by atoms with van der Waals surface area (Å²) < 4.78 is 4.83. The summed E-state index contributed by atoms with van der Waals surface area (Å²) in [7, 11) is 0. The first kappa shape index (κ1) is 5.41. The van der Waals surface area contributed by atoms with Crippen LogP contribution in [-0.2, 0) is 11.2 Å². The number of carbonyl (C=O) groups is 1. The van der Waals surface area contributed by atoms with Crippen LogP contribution >= 0.6 is 0 Å². The molecule has 1 aromatic rings. The number of hydrogen-bond acceptors (Lipinski definition) is 3. The normalized spacial score (nSPS) is 14.6. The zero-order chi connectivity index (χ0) is 6.97. The SMILES string of the molecule is O=C1Cc2cnccc2O1. The molecular formula is C7H5NO2. The Morgan fingerprint density at radius 2 is 2.50 bits per heavy atom. The maximum absolute atomic E-state index is 10.6. The quantitative estimate of drug-likeness (QED) is 0.487. The molecule has 2 heterocycles. The van der Waals surface area contributed by atoms with Gasteiger partial charge in [0.05, 0.1) is 6.42 Å². The molecule has 0 saturated heterocycles. The number of fused-ring (bicyclic) bond motifs is 1. The summed E-state index contributed by atoms with van der Waals surface area (Å²) in [6, 6.07) is 1.69. The molecule has 0 unspecified atom stereocenters. The topological polar surface area (TPSA) is 39.2 Å². The Hall–Kier alpha value is -1.38. The minimum absolute atomic E-state index is 0.192. The highest BCUT2D eigenvalue weighted by Gasteiger charge is 2.18. The first-order chi connectivity index (χ1) is 4.86. The van der Waals surface area contributed by atoms with E-state index in [1.54, 1.807) is 18.5 Å². The molecule has 0 aromatic carbocycles. The molecule has 0 fully saturated rings. The Bertz CT molecular complexity index is 256. The Kier molecular flexibility index (Phi) is 0.974. The van der Waals surface area contributed by atoms with Crippen molar-refractivity contribution < 1.29 is 9.53 Å². The predicted octanol–water partition coefficient (Wildman–Crippen LogP) is 0.543. The van der Waals surface area contributed by atoms with Crippen molar-refractivity contribution in [3.8, 4) is 5.75 Å². The molecule has 2 rings (SSSR count). The predicted molar refractivity (Wildman–Crippen MR) is 33.6 cm³/mol. The molecule has 50 valence electrons. The summed E-state index contributed by atoms with van der Waals surface area (Å²) in [4.78, 5) is 14.5. The Labute approximate surface area is 57.7 Å². The number of hydrogen-bond donors (Lipinski definition) is 0. The minimum atomic E-state index is -0.192. The lowest BCUT2D eigenvalue weighted by Crippen LogP contribution is -1.99. The first-order valence-electron chi connectivity index (χ1n) is 3.00. The van der Waals surface area contributed by atoms with Crippen LogP contribution in [0.5, 0.6) is 5.75 Å². The second kappa shape index (κ2) is 1.80. The van der Waals surface area contributed by atoms with Gasteiger partial charge in [-0.15, -0.1) is 0 Å². The van der Waals surface area contributed by atoms with Crippen LogP contribution in [0.3, 0.4) is 0 Å². The van der Waals surface area contributed by atoms with Gasteiger partial charge < -0.3 is 4.74 Å². The number of nitrogens with zero attached hydrogens (tertiary/aromatic N) is 1. The van der Waals surface area contributed by atoms with E-state index in [1.165, 1.54) is 0 Å². The molecule has 0 aliphatic carbocycles. The molecule has 3 heteroatoms. The summed E-state index contributed by atoms with van der Waals surface area (Å²) in [6.07, 6.45) is 3.63. The van der Waals surface area contributed by atoms with Crippen molar-refractivity contribution in [1.29, 1.82) is 0 Å². The van der Waals surface area contributed by atoms with Gasteiger partial charge in [0.15, 0.2) is 0 Å². The fourth-order valence-corrected chi connectivity index (χ4v) is 0.961. The highest BCUT2D eigenvalue weighted by Crippen LogP contribution is 2.23. The molecule has 0 N–H and O–H groups in total. The zero-order valence-electron chi connectivity index (χ0n) is 5.20. The average molecular weight is 135 g/mol. The van der Waals surface area contributed by atoms with Gasteiger partial charge in [-0.05, 0) is 6.07 Å². The molecule has 1 aliphatic heterocycles. The maximum Gasteiger partial charge on any atom is 0.315 e. The molecule has 1 aromatic heterocycles. The third-order valence-corrected chi connectivity index (χ3v) is 1.42. The lowest BCUT2D eigenvalue weighted by molar-refractivity contribution is -0.131. The number of pyridine rings is 1. The van der Waals surface area contributed by atoms with E-state index >= 15 is 0 Å². The second-order valence-electron chi connectivity index (χ2n) is 2.13. The van der Waals surface area contributed by atoms with Crippen molar-refractivity contribution in [2.45, 2.75) is 6.42 Å². The summed E-state index contributed by atoms with van der Waals surface area (Å²) in [5.41, 5.74) is 0.882. The molecule has 0 radical (unpaired) electrons. The van der Waals surface area contributed by atoms with Gasteiger partial charge >= 0.3 is 5.97 Å². The molecular weight excluding hydrogens is 130 g/mol. The summed E-state index contributed by atoms with van der Waals surface area (Å²) in [6.45, 7) is 0. The van der Waals surface area contributed by atoms with Gasteiger partial charge in [-0.25, -0.2) is 0 Å². The van der Waals surface area contributed by atoms with Crippen LogP contribution in [0.15, 0.2) is 18.5 Å². The average Bonchev–Trinajstić information content (AvgIpc) is 2.27. The van der Waals surface area contributed by atoms with Crippen molar-refractivity contribution in [3.05, 3.63) is 24.0 Å². The molecule has 0 bridgehead atoms. The Morgan fingerprint density at radius 1 is 1.60 bits per heavy atom. The van der Waals surface area contributed by atoms with E-state index in [-0.39, 0.29) is 5.97 Å². The summed E-state index contributed by atoms with van der Waals surface area (Å²) in [5.74, 6) is 0.461. The lowest BCUT2D eigenvalue weighted by Gasteiger charge is -1.91. The Morgan fingerprint density at radius 3 is 3.30 bits per heavy atom. The van der Waals surface area contributed by atoms with Gasteiger partial charge in [0, 0.05) is 18.0 Å². The van der Waals surface area contributed by atoms with Gasteiger partial charge in [0.25, 0.3) is 0 Å². The third kappa shape index (κ3) is 0.673. The van der Waals surface area contributed by atoms with E-state index in [9.17, 15) is 4.79 Å². The van der Waals surface area contributed by atoms with Crippen LogP contribution in [0.2, 0.25) is 0 Å². The van der Waals surface area contributed by atoms with Gasteiger partial charge in [-0.1, -0.05) is 0 Å². The monoisotopic (exact) mass is 135 g/mol. The molecule has 10 heavy (non-hydrogen) atoms. The molecule has 0 amide bonds. The smallest absolute Gasteiger partial charge is 0.315 e. The first-order valence-corrected chi connectivity index (χ1v) is 3.00. The largest absolute Gasteiger partial charge is 0.426 e. The molecule has 0 saturated carbocycles. The van der Waals surface area contributed by atoms with E-state index in [4.69, 9.17) is 4.74 Å². The van der Waals surface area contributed by atoms with E-state index < -0.39 is 0 Å². The Balaban J connectivity index is 2.51. The molecule has 0 atom stereocenters. The fourth-order valence-electron chi connectivity index (χ4n) is 0.961. The number of rotatable bonds is 0. The number of esters is 1. The molecule has 3 nitrogen and oxygen atoms in total. The van der Waals surface area contributed by atoms with E-state index in [0.717, 1.165) is 5.56 Å². The van der Waals surface area contributed by atoms with Crippen LogP contribution in [0.4, 0.5) is 0 Å². The van der Waals surface area contributed by atoms with Gasteiger partial charge in [-0.2, -0.15) is 0 Å². The summed E-state index contributed by atoms with van der Waals surface area (Å²) >= 11 is 0.